The zero-order valence-corrected chi connectivity index (χ0v) is 12.0. The minimum Gasteiger partial charge on any atom is -0.300 e. The molecule has 1 saturated carbocycles. The van der Waals surface area contributed by atoms with Crippen molar-refractivity contribution in [1.29, 1.82) is 0 Å². The summed E-state index contributed by atoms with van der Waals surface area (Å²) in [5.41, 5.74) is 1.32. The fourth-order valence-corrected chi connectivity index (χ4v) is 3.60. The molecule has 3 heteroatoms. The van der Waals surface area contributed by atoms with Crippen molar-refractivity contribution in [2.24, 2.45) is 0 Å². The van der Waals surface area contributed by atoms with Gasteiger partial charge in [0.2, 0.25) is 0 Å². The Balaban J connectivity index is 2.21. The number of carbonyl (C=O) groups is 1. The van der Waals surface area contributed by atoms with Gasteiger partial charge >= 0.3 is 0 Å². The van der Waals surface area contributed by atoms with E-state index in [0.717, 1.165) is 25.7 Å². The first kappa shape index (κ1) is 12.7. The summed E-state index contributed by atoms with van der Waals surface area (Å²) in [6.45, 7) is 8.73. The quantitative estimate of drug-likeness (QED) is 0.755. The molecule has 1 aromatic heterocycles. The predicted octanol–water partition coefficient (Wildman–Crippen LogP) is 3.98. The van der Waals surface area contributed by atoms with E-state index < -0.39 is 0 Å². The monoisotopic (exact) mass is 251 g/mol. The van der Waals surface area contributed by atoms with Crippen LogP contribution in [0.25, 0.3) is 0 Å². The Morgan fingerprint density at radius 2 is 1.82 bits per heavy atom. The zero-order valence-electron chi connectivity index (χ0n) is 11.2. The van der Waals surface area contributed by atoms with Crippen molar-refractivity contribution in [3.8, 4) is 0 Å². The second-order valence-electron chi connectivity index (χ2n) is 6.03. The lowest BCUT2D eigenvalue weighted by molar-refractivity contribution is -0.120. The number of hydrogen-bond acceptors (Lipinski definition) is 3. The lowest BCUT2D eigenvalue weighted by Gasteiger charge is -2.20. The molecule has 1 aliphatic rings. The fraction of sp³-hybridized carbons (Fsp3) is 0.714. The predicted molar refractivity (Wildman–Crippen MR) is 71.8 cm³/mol. The van der Waals surface area contributed by atoms with Gasteiger partial charge in [-0.3, -0.25) is 4.79 Å². The molecule has 2 rings (SSSR count). The number of carbonyl (C=O) groups excluding carboxylic acids is 1. The van der Waals surface area contributed by atoms with E-state index in [1.165, 1.54) is 15.6 Å². The molecule has 0 atom stereocenters. The first-order chi connectivity index (χ1) is 7.88. The van der Waals surface area contributed by atoms with E-state index in [2.05, 4.69) is 27.7 Å². The van der Waals surface area contributed by atoms with E-state index >= 15 is 0 Å². The van der Waals surface area contributed by atoms with Crippen LogP contribution in [-0.2, 0) is 10.2 Å². The highest BCUT2D eigenvalue weighted by Gasteiger charge is 2.26. The second kappa shape index (κ2) is 4.52. The van der Waals surface area contributed by atoms with E-state index in [9.17, 15) is 4.79 Å². The van der Waals surface area contributed by atoms with Crippen molar-refractivity contribution in [1.82, 2.24) is 4.98 Å². The minimum absolute atomic E-state index is 0.137. The van der Waals surface area contributed by atoms with Crippen LogP contribution in [-0.4, -0.2) is 10.8 Å². The smallest absolute Gasteiger partial charge is 0.132 e. The topological polar surface area (TPSA) is 30.0 Å². The number of Topliss-reactive ketones (excluding diaryl/α,β-unsaturated/α-hetero) is 1. The molecular weight excluding hydrogens is 230 g/mol. The summed E-state index contributed by atoms with van der Waals surface area (Å²) in [5.74, 6) is 1.00. The highest BCUT2D eigenvalue weighted by atomic mass is 32.1. The number of hydrogen-bond donors (Lipinski definition) is 0. The second-order valence-corrected chi connectivity index (χ2v) is 7.06. The summed E-state index contributed by atoms with van der Waals surface area (Å²) in [6, 6.07) is 0. The van der Waals surface area contributed by atoms with Crippen molar-refractivity contribution in [3.63, 3.8) is 0 Å². The molecule has 1 aromatic rings. The van der Waals surface area contributed by atoms with Gasteiger partial charge in [0.25, 0.3) is 0 Å². The van der Waals surface area contributed by atoms with Gasteiger partial charge in [-0.15, -0.1) is 11.3 Å². The lowest BCUT2D eigenvalue weighted by Crippen LogP contribution is -2.12. The molecule has 94 valence electrons. The molecule has 0 bridgehead atoms. The van der Waals surface area contributed by atoms with Crippen LogP contribution in [0, 0.1) is 6.92 Å². The van der Waals surface area contributed by atoms with Gasteiger partial charge in [-0.2, -0.15) is 0 Å². The molecule has 0 saturated heterocycles. The van der Waals surface area contributed by atoms with E-state index in [1.54, 1.807) is 0 Å². The van der Waals surface area contributed by atoms with Crippen molar-refractivity contribution in [2.45, 2.75) is 64.7 Å². The summed E-state index contributed by atoms with van der Waals surface area (Å²) in [5, 5.41) is 1.22. The average molecular weight is 251 g/mol. The Hall–Kier alpha value is -0.700. The molecule has 17 heavy (non-hydrogen) atoms. The van der Waals surface area contributed by atoms with Crippen molar-refractivity contribution in [3.05, 3.63) is 15.6 Å². The van der Waals surface area contributed by atoms with Crippen LogP contribution >= 0.6 is 11.3 Å². The first-order valence-corrected chi connectivity index (χ1v) is 7.19. The largest absolute Gasteiger partial charge is 0.300 e. The third kappa shape index (κ3) is 2.76. The zero-order chi connectivity index (χ0) is 12.6. The normalized spacial score (nSPS) is 18.7. The number of ketones is 1. The Bertz CT molecular complexity index is 418. The third-order valence-electron chi connectivity index (χ3n) is 3.39. The number of rotatable bonds is 1. The summed E-state index contributed by atoms with van der Waals surface area (Å²) < 4.78 is 0. The van der Waals surface area contributed by atoms with Crippen LogP contribution in [0.2, 0.25) is 0 Å². The first-order valence-electron chi connectivity index (χ1n) is 6.37. The SMILES string of the molecule is Cc1nc(C(C)(C)C)sc1C1CCC(=O)CC1. The molecule has 2 nitrogen and oxygen atoms in total. The standard InChI is InChI=1S/C14H21NOS/c1-9-12(10-5-7-11(16)8-6-10)17-13(15-9)14(2,3)4/h10H,5-8H2,1-4H3. The third-order valence-corrected chi connectivity index (χ3v) is 5.13. The molecule has 0 unspecified atom stereocenters. The molecule has 0 spiro atoms. The Kier molecular flexibility index (Phi) is 3.39. The van der Waals surface area contributed by atoms with Crippen LogP contribution in [0.3, 0.4) is 0 Å². The van der Waals surface area contributed by atoms with Crippen molar-refractivity contribution in [2.75, 3.05) is 0 Å². The van der Waals surface area contributed by atoms with Gasteiger partial charge in [-0.1, -0.05) is 20.8 Å². The summed E-state index contributed by atoms with van der Waals surface area (Å²) >= 11 is 1.85. The molecular formula is C14H21NOS. The molecule has 1 aliphatic carbocycles. The van der Waals surface area contributed by atoms with Crippen LogP contribution in [0.5, 0.6) is 0 Å². The van der Waals surface area contributed by atoms with Crippen molar-refractivity contribution >= 4 is 17.1 Å². The van der Waals surface area contributed by atoms with Gasteiger partial charge < -0.3 is 0 Å². The van der Waals surface area contributed by atoms with Crippen LogP contribution in [0.15, 0.2) is 0 Å². The number of thiazole rings is 1. The number of nitrogens with zero attached hydrogens (tertiary/aromatic N) is 1. The fourth-order valence-electron chi connectivity index (χ4n) is 2.31. The summed E-state index contributed by atoms with van der Waals surface area (Å²) in [7, 11) is 0. The van der Waals surface area contributed by atoms with E-state index in [1.807, 2.05) is 11.3 Å². The van der Waals surface area contributed by atoms with Gasteiger partial charge in [0.05, 0.1) is 10.7 Å². The van der Waals surface area contributed by atoms with E-state index in [4.69, 9.17) is 4.98 Å². The van der Waals surface area contributed by atoms with Gasteiger partial charge in [-0.05, 0) is 25.7 Å². The van der Waals surface area contributed by atoms with Crippen LogP contribution in [0.1, 0.15) is 68.0 Å². The van der Waals surface area contributed by atoms with Gasteiger partial charge in [0.15, 0.2) is 0 Å². The maximum Gasteiger partial charge on any atom is 0.132 e. The maximum absolute atomic E-state index is 11.3. The van der Waals surface area contributed by atoms with Gasteiger partial charge in [-0.25, -0.2) is 4.98 Å². The molecule has 0 amide bonds. The Morgan fingerprint density at radius 3 is 2.29 bits per heavy atom. The highest BCUT2D eigenvalue weighted by molar-refractivity contribution is 7.12. The number of aromatic nitrogens is 1. The van der Waals surface area contributed by atoms with Crippen LogP contribution < -0.4 is 0 Å². The molecule has 0 radical (unpaired) electrons. The minimum atomic E-state index is 0.137. The molecule has 1 fully saturated rings. The molecule has 1 heterocycles. The van der Waals surface area contributed by atoms with Gasteiger partial charge in [0, 0.05) is 23.1 Å². The van der Waals surface area contributed by atoms with Gasteiger partial charge in [0.1, 0.15) is 5.78 Å². The molecule has 0 aliphatic heterocycles. The Labute approximate surface area is 107 Å². The summed E-state index contributed by atoms with van der Waals surface area (Å²) in [6.07, 6.45) is 3.55. The Morgan fingerprint density at radius 1 is 1.24 bits per heavy atom. The summed E-state index contributed by atoms with van der Waals surface area (Å²) in [4.78, 5) is 17.4. The van der Waals surface area contributed by atoms with E-state index in [0.29, 0.717) is 11.7 Å². The van der Waals surface area contributed by atoms with Crippen LogP contribution in [0.4, 0.5) is 0 Å². The molecule has 0 N–H and O–H groups in total. The maximum atomic E-state index is 11.3. The molecule has 0 aromatic carbocycles. The van der Waals surface area contributed by atoms with E-state index in [-0.39, 0.29) is 5.41 Å². The van der Waals surface area contributed by atoms with Crippen molar-refractivity contribution < 1.29 is 4.79 Å². The number of aryl methyl sites for hydroxylation is 1. The highest BCUT2D eigenvalue weighted by Crippen LogP contribution is 2.39. The lowest BCUT2D eigenvalue weighted by atomic mass is 9.87. The average Bonchev–Trinajstić information content (AvgIpc) is 2.61.